The second-order valence-electron chi connectivity index (χ2n) is 1.11. The molecule has 2 heteroatoms. The molecule has 0 amide bonds. The van der Waals surface area contributed by atoms with Crippen LogP contribution in [0.15, 0.2) is 25.3 Å². The fraction of sp³-hybridized carbons (Fsp3) is 0.333. The fourth-order valence-electron chi connectivity index (χ4n) is 0.235. The molecular formula is C6H12MgO. The van der Waals surface area contributed by atoms with E-state index in [1.165, 1.54) is 0 Å². The third-order valence-electron chi connectivity index (χ3n) is 0.471. The van der Waals surface area contributed by atoms with E-state index >= 15 is 0 Å². The number of rotatable bonds is 4. The van der Waals surface area contributed by atoms with Gasteiger partial charge >= 0.3 is 23.1 Å². The van der Waals surface area contributed by atoms with Crippen LogP contribution in [-0.4, -0.2) is 36.3 Å². The van der Waals surface area contributed by atoms with Crippen LogP contribution in [0.25, 0.3) is 0 Å². The predicted molar refractivity (Wildman–Crippen MR) is 39.2 cm³/mol. The average molecular weight is 124 g/mol. The summed E-state index contributed by atoms with van der Waals surface area (Å²) in [6, 6.07) is 0. The minimum Gasteiger partial charge on any atom is -1.00 e. The summed E-state index contributed by atoms with van der Waals surface area (Å²) in [6.45, 7) is 8.18. The molecule has 0 aromatic rings. The zero-order chi connectivity index (χ0) is 5.54. The molecule has 0 aliphatic rings. The Labute approximate surface area is 69.5 Å². The topological polar surface area (TPSA) is 9.23 Å². The number of hydrogen-bond donors (Lipinski definition) is 0. The van der Waals surface area contributed by atoms with Crippen LogP contribution in [0, 0.1) is 0 Å². The zero-order valence-corrected chi connectivity index (χ0v) is 6.51. The van der Waals surface area contributed by atoms with Crippen LogP contribution in [0.1, 0.15) is 2.85 Å². The van der Waals surface area contributed by atoms with Crippen molar-refractivity contribution in [2.24, 2.45) is 0 Å². The Bertz CT molecular complexity index is 60.8. The molecule has 0 aromatic carbocycles. The number of hydrogen-bond acceptors (Lipinski definition) is 1. The van der Waals surface area contributed by atoms with Gasteiger partial charge in [0.2, 0.25) is 0 Å². The Morgan fingerprint density at radius 3 is 1.88 bits per heavy atom. The molecule has 0 spiro atoms. The third-order valence-corrected chi connectivity index (χ3v) is 0.471. The van der Waals surface area contributed by atoms with Crippen LogP contribution >= 0.6 is 0 Å². The summed E-state index contributed by atoms with van der Waals surface area (Å²) in [5.74, 6) is 0. The molecule has 0 unspecified atom stereocenters. The van der Waals surface area contributed by atoms with Crippen LogP contribution in [0.3, 0.4) is 0 Å². The second-order valence-corrected chi connectivity index (χ2v) is 1.11. The van der Waals surface area contributed by atoms with Crippen molar-refractivity contribution in [2.75, 3.05) is 13.2 Å². The SMILES string of the molecule is C=CCOCC=C.[H-].[H-].[Mg+2]. The van der Waals surface area contributed by atoms with Gasteiger partial charge in [-0.3, -0.25) is 0 Å². The van der Waals surface area contributed by atoms with Gasteiger partial charge in [-0.15, -0.1) is 13.2 Å². The molecule has 0 aliphatic heterocycles. The second kappa shape index (κ2) is 10.2. The largest absolute Gasteiger partial charge is 2.00 e. The van der Waals surface area contributed by atoms with Gasteiger partial charge < -0.3 is 7.59 Å². The molecular weight excluding hydrogens is 112 g/mol. The Kier molecular flexibility index (Phi) is 14.2. The molecule has 0 aromatic heterocycles. The monoisotopic (exact) mass is 124 g/mol. The Morgan fingerprint density at radius 2 is 1.62 bits per heavy atom. The first-order chi connectivity index (χ1) is 3.41. The van der Waals surface area contributed by atoms with Gasteiger partial charge in [0.25, 0.3) is 0 Å². The van der Waals surface area contributed by atoms with Crippen molar-refractivity contribution in [3.8, 4) is 0 Å². The van der Waals surface area contributed by atoms with Crippen LogP contribution < -0.4 is 0 Å². The molecule has 0 bridgehead atoms. The Morgan fingerprint density at radius 1 is 1.25 bits per heavy atom. The predicted octanol–water partition coefficient (Wildman–Crippen LogP) is 1.22. The van der Waals surface area contributed by atoms with Crippen LogP contribution in [0.4, 0.5) is 0 Å². The Hall–Kier alpha value is 0.206. The van der Waals surface area contributed by atoms with Gasteiger partial charge in [0.1, 0.15) is 0 Å². The number of ether oxygens (including phenoxy) is 1. The van der Waals surface area contributed by atoms with Crippen molar-refractivity contribution >= 4 is 23.1 Å². The normalized spacial score (nSPS) is 7.00. The molecule has 0 saturated heterocycles. The molecule has 0 N–H and O–H groups in total. The molecule has 0 saturated carbocycles. The molecule has 0 heterocycles. The smallest absolute Gasteiger partial charge is 1.00 e. The van der Waals surface area contributed by atoms with Crippen LogP contribution in [-0.2, 0) is 4.74 Å². The maximum Gasteiger partial charge on any atom is 2.00 e. The Balaban J connectivity index is -0.0000000600. The van der Waals surface area contributed by atoms with Gasteiger partial charge in [0, 0.05) is 0 Å². The van der Waals surface area contributed by atoms with Gasteiger partial charge in [-0.1, -0.05) is 12.2 Å². The van der Waals surface area contributed by atoms with Crippen LogP contribution in [0.5, 0.6) is 0 Å². The van der Waals surface area contributed by atoms with Crippen molar-refractivity contribution in [1.82, 2.24) is 0 Å². The van der Waals surface area contributed by atoms with Crippen molar-refractivity contribution in [1.29, 1.82) is 0 Å². The van der Waals surface area contributed by atoms with Gasteiger partial charge in [-0.2, -0.15) is 0 Å². The molecule has 0 radical (unpaired) electrons. The molecule has 0 fully saturated rings. The first-order valence-corrected chi connectivity index (χ1v) is 2.21. The van der Waals surface area contributed by atoms with Gasteiger partial charge in [-0.05, 0) is 0 Å². The minimum atomic E-state index is 0. The maximum atomic E-state index is 4.90. The van der Waals surface area contributed by atoms with Crippen molar-refractivity contribution in [3.63, 3.8) is 0 Å². The zero-order valence-electron chi connectivity index (χ0n) is 7.10. The first kappa shape index (κ1) is 11.1. The van der Waals surface area contributed by atoms with Crippen molar-refractivity contribution in [3.05, 3.63) is 25.3 Å². The summed E-state index contributed by atoms with van der Waals surface area (Å²) < 4.78 is 4.90. The molecule has 1 nitrogen and oxygen atoms in total. The summed E-state index contributed by atoms with van der Waals surface area (Å²) in [5, 5.41) is 0. The summed E-state index contributed by atoms with van der Waals surface area (Å²) in [6.07, 6.45) is 3.42. The summed E-state index contributed by atoms with van der Waals surface area (Å²) in [7, 11) is 0. The average Bonchev–Trinajstić information content (AvgIpc) is 1.69. The third kappa shape index (κ3) is 9.51. The van der Waals surface area contributed by atoms with E-state index in [0.29, 0.717) is 13.2 Å². The summed E-state index contributed by atoms with van der Waals surface area (Å²) >= 11 is 0. The van der Waals surface area contributed by atoms with E-state index < -0.39 is 0 Å². The van der Waals surface area contributed by atoms with Crippen LogP contribution in [0.2, 0.25) is 0 Å². The molecule has 0 aliphatic carbocycles. The van der Waals surface area contributed by atoms with E-state index in [9.17, 15) is 0 Å². The van der Waals surface area contributed by atoms with Crippen molar-refractivity contribution in [2.45, 2.75) is 0 Å². The molecule has 0 rings (SSSR count). The van der Waals surface area contributed by atoms with E-state index in [0.717, 1.165) is 0 Å². The standard InChI is InChI=1S/C6H10O.Mg.2H/c1-3-5-7-6-4-2;;;/h3-4H,1-2,5-6H2;;;/q;+2;2*-1. The summed E-state index contributed by atoms with van der Waals surface area (Å²) in [5.41, 5.74) is 0. The summed E-state index contributed by atoms with van der Waals surface area (Å²) in [4.78, 5) is 0. The van der Waals surface area contributed by atoms with E-state index in [2.05, 4.69) is 13.2 Å². The molecule has 0 atom stereocenters. The first-order valence-electron chi connectivity index (χ1n) is 2.21. The molecule has 44 valence electrons. The van der Waals surface area contributed by atoms with Gasteiger partial charge in [0.15, 0.2) is 0 Å². The van der Waals surface area contributed by atoms with E-state index in [-0.39, 0.29) is 25.9 Å². The molecule has 8 heavy (non-hydrogen) atoms. The quantitative estimate of drug-likeness (QED) is 0.311. The van der Waals surface area contributed by atoms with E-state index in [4.69, 9.17) is 4.74 Å². The maximum absolute atomic E-state index is 4.90. The van der Waals surface area contributed by atoms with Gasteiger partial charge in [-0.25, -0.2) is 0 Å². The van der Waals surface area contributed by atoms with E-state index in [1.54, 1.807) is 12.2 Å². The van der Waals surface area contributed by atoms with E-state index in [1.807, 2.05) is 0 Å². The fourth-order valence-corrected chi connectivity index (χ4v) is 0.235. The van der Waals surface area contributed by atoms with Gasteiger partial charge in [0.05, 0.1) is 13.2 Å². The minimum absolute atomic E-state index is 0. The van der Waals surface area contributed by atoms with Crippen molar-refractivity contribution < 1.29 is 7.59 Å².